The van der Waals surface area contributed by atoms with Crippen LogP contribution < -0.4 is 14.8 Å². The number of nitrogens with one attached hydrogen (secondary N) is 2. The van der Waals surface area contributed by atoms with Crippen molar-refractivity contribution in [3.05, 3.63) is 24.3 Å². The van der Waals surface area contributed by atoms with Gasteiger partial charge < -0.3 is 14.8 Å². The molecular weight excluding hydrogens is 335 g/mol. The lowest BCUT2D eigenvalue weighted by Crippen LogP contribution is -2.45. The molecule has 0 atom stereocenters. The Labute approximate surface area is 141 Å². The maximum absolute atomic E-state index is 12.4. The zero-order valence-electron chi connectivity index (χ0n) is 13.3. The van der Waals surface area contributed by atoms with Crippen molar-refractivity contribution >= 4 is 22.2 Å². The summed E-state index contributed by atoms with van der Waals surface area (Å²) in [7, 11) is -5.04. The Morgan fingerprint density at radius 2 is 1.75 bits per heavy atom. The fourth-order valence-electron chi connectivity index (χ4n) is 3.52. The number of benzene rings is 1. The van der Waals surface area contributed by atoms with Crippen LogP contribution in [-0.4, -0.2) is 20.0 Å². The first-order valence-electron chi connectivity index (χ1n) is 8.20. The number of urea groups is 1. The van der Waals surface area contributed by atoms with Crippen LogP contribution >= 0.6 is 0 Å². The number of carbonyl (C=O) groups excluding carboxylic acids is 1. The summed E-state index contributed by atoms with van der Waals surface area (Å²) in [6.45, 7) is 0. The summed E-state index contributed by atoms with van der Waals surface area (Å²) in [6, 6.07) is 5.20. The quantitative estimate of drug-likeness (QED) is 0.791. The highest BCUT2D eigenvalue weighted by Crippen LogP contribution is 2.48. The third kappa shape index (κ3) is 4.37. The Hall–Kier alpha value is -1.83. The lowest BCUT2D eigenvalue weighted by molar-refractivity contribution is 0.225. The van der Waals surface area contributed by atoms with Gasteiger partial charge >= 0.3 is 16.5 Å². The summed E-state index contributed by atoms with van der Waals surface area (Å²) >= 11 is 0. The standard InChI is InChI=1S/C16H21FN2O4S/c17-24(21,22)23-14-8-6-13(7-9-14)18-15(20)19-16(10-11-16)12-4-2-1-3-5-12/h6-9,12H,1-5,10-11H2,(H2,18,19,20). The van der Waals surface area contributed by atoms with E-state index in [1.165, 1.54) is 56.4 Å². The van der Waals surface area contributed by atoms with Gasteiger partial charge in [0.25, 0.3) is 0 Å². The third-order valence-corrected chi connectivity index (χ3v) is 5.24. The molecule has 132 valence electrons. The van der Waals surface area contributed by atoms with E-state index in [4.69, 9.17) is 0 Å². The van der Waals surface area contributed by atoms with Crippen molar-refractivity contribution in [1.29, 1.82) is 0 Å². The maximum atomic E-state index is 12.4. The molecule has 2 aliphatic rings. The van der Waals surface area contributed by atoms with E-state index in [0.717, 1.165) is 12.8 Å². The van der Waals surface area contributed by atoms with Crippen LogP contribution in [0, 0.1) is 5.92 Å². The second kappa shape index (κ2) is 6.58. The zero-order valence-corrected chi connectivity index (χ0v) is 14.1. The highest BCUT2D eigenvalue weighted by molar-refractivity contribution is 7.81. The second-order valence-electron chi connectivity index (χ2n) is 6.57. The fourth-order valence-corrected chi connectivity index (χ4v) is 3.86. The average molecular weight is 356 g/mol. The largest absolute Gasteiger partial charge is 0.488 e. The van der Waals surface area contributed by atoms with Gasteiger partial charge in [0.05, 0.1) is 0 Å². The first kappa shape index (κ1) is 17.0. The predicted octanol–water partition coefficient (Wildman–Crippen LogP) is 3.51. The van der Waals surface area contributed by atoms with Gasteiger partial charge in [-0.15, -0.1) is 0 Å². The molecule has 0 unspecified atom stereocenters. The van der Waals surface area contributed by atoms with E-state index in [0.29, 0.717) is 11.6 Å². The van der Waals surface area contributed by atoms with Crippen LogP contribution in [0.5, 0.6) is 5.75 Å². The van der Waals surface area contributed by atoms with Gasteiger partial charge in [0.15, 0.2) is 0 Å². The maximum Gasteiger partial charge on any atom is 0.488 e. The number of rotatable bonds is 5. The first-order valence-corrected chi connectivity index (χ1v) is 9.50. The van der Waals surface area contributed by atoms with Crippen LogP contribution in [0.15, 0.2) is 24.3 Å². The minimum Gasteiger partial charge on any atom is -0.358 e. The molecule has 0 bridgehead atoms. The summed E-state index contributed by atoms with van der Waals surface area (Å²) in [4.78, 5) is 12.2. The van der Waals surface area contributed by atoms with E-state index >= 15 is 0 Å². The molecule has 1 aromatic carbocycles. The lowest BCUT2D eigenvalue weighted by atomic mass is 9.82. The monoisotopic (exact) mass is 356 g/mol. The van der Waals surface area contributed by atoms with Crippen LogP contribution in [-0.2, 0) is 10.5 Å². The van der Waals surface area contributed by atoms with Crippen LogP contribution in [0.3, 0.4) is 0 Å². The smallest absolute Gasteiger partial charge is 0.358 e. The zero-order chi connectivity index (χ0) is 17.2. The molecule has 2 fully saturated rings. The van der Waals surface area contributed by atoms with E-state index in [-0.39, 0.29) is 17.3 Å². The topological polar surface area (TPSA) is 84.5 Å². The van der Waals surface area contributed by atoms with E-state index in [9.17, 15) is 17.1 Å². The average Bonchev–Trinajstić information content (AvgIpc) is 3.29. The SMILES string of the molecule is O=C(Nc1ccc(OS(=O)(=O)F)cc1)NC1(C2CCCCC2)CC1. The molecule has 0 aliphatic heterocycles. The molecule has 2 aliphatic carbocycles. The van der Waals surface area contributed by atoms with Gasteiger partial charge in [-0.05, 0) is 55.9 Å². The minimum absolute atomic E-state index is 0.0597. The number of halogens is 1. The van der Waals surface area contributed by atoms with Crippen molar-refractivity contribution < 1.29 is 21.3 Å². The van der Waals surface area contributed by atoms with Crippen molar-refractivity contribution in [1.82, 2.24) is 5.32 Å². The number of hydrogen-bond acceptors (Lipinski definition) is 4. The molecule has 6 nitrogen and oxygen atoms in total. The van der Waals surface area contributed by atoms with Gasteiger partial charge in [-0.1, -0.05) is 23.1 Å². The normalized spacial score (nSPS) is 20.2. The molecule has 8 heteroatoms. The summed E-state index contributed by atoms with van der Waals surface area (Å²) in [5.41, 5.74) is 0.422. The van der Waals surface area contributed by atoms with Crippen molar-refractivity contribution in [3.63, 3.8) is 0 Å². The van der Waals surface area contributed by atoms with E-state index in [2.05, 4.69) is 14.8 Å². The van der Waals surface area contributed by atoms with Gasteiger partial charge in [-0.3, -0.25) is 0 Å². The Bertz CT molecular complexity index is 695. The summed E-state index contributed by atoms with van der Waals surface area (Å²) in [5.74, 6) is 0.409. The number of amides is 2. The minimum atomic E-state index is -5.04. The molecule has 0 radical (unpaired) electrons. The van der Waals surface area contributed by atoms with Gasteiger partial charge in [0, 0.05) is 11.2 Å². The van der Waals surface area contributed by atoms with Crippen molar-refractivity contribution in [2.45, 2.75) is 50.5 Å². The van der Waals surface area contributed by atoms with E-state index in [1.807, 2.05) is 0 Å². The molecule has 1 aromatic rings. The van der Waals surface area contributed by atoms with E-state index in [1.54, 1.807) is 0 Å². The van der Waals surface area contributed by atoms with Crippen molar-refractivity contribution in [2.75, 3.05) is 5.32 Å². The Kier molecular flexibility index (Phi) is 4.67. The molecule has 24 heavy (non-hydrogen) atoms. The number of anilines is 1. The highest BCUT2D eigenvalue weighted by Gasteiger charge is 2.50. The molecular formula is C16H21FN2O4S. The molecule has 0 spiro atoms. The predicted molar refractivity (Wildman–Crippen MR) is 87.8 cm³/mol. The molecule has 0 saturated heterocycles. The van der Waals surface area contributed by atoms with Gasteiger partial charge in [0.2, 0.25) is 0 Å². The fraction of sp³-hybridized carbons (Fsp3) is 0.562. The van der Waals surface area contributed by atoms with Gasteiger partial charge in [-0.2, -0.15) is 8.42 Å². The van der Waals surface area contributed by atoms with Crippen LogP contribution in [0.25, 0.3) is 0 Å². The van der Waals surface area contributed by atoms with E-state index < -0.39 is 10.5 Å². The first-order chi connectivity index (χ1) is 11.4. The van der Waals surface area contributed by atoms with Crippen LogP contribution in [0.1, 0.15) is 44.9 Å². The molecule has 0 aromatic heterocycles. The molecule has 2 amide bonds. The summed E-state index contributed by atoms with van der Waals surface area (Å²) in [5, 5.41) is 5.82. The Morgan fingerprint density at radius 1 is 1.12 bits per heavy atom. The van der Waals surface area contributed by atoms with Gasteiger partial charge in [-0.25, -0.2) is 4.79 Å². The summed E-state index contributed by atoms with van der Waals surface area (Å²) < 4.78 is 37.4. The molecule has 3 rings (SSSR count). The Morgan fingerprint density at radius 3 is 2.29 bits per heavy atom. The second-order valence-corrected chi connectivity index (χ2v) is 7.52. The van der Waals surface area contributed by atoms with Gasteiger partial charge in [0.1, 0.15) is 5.75 Å². The molecule has 2 N–H and O–H groups in total. The Balaban J connectivity index is 1.55. The van der Waals surface area contributed by atoms with Crippen molar-refractivity contribution in [3.8, 4) is 5.75 Å². The third-order valence-electron chi connectivity index (χ3n) is 4.85. The highest BCUT2D eigenvalue weighted by atomic mass is 32.3. The van der Waals surface area contributed by atoms with Crippen molar-refractivity contribution in [2.24, 2.45) is 5.92 Å². The molecule has 2 saturated carbocycles. The molecule has 0 heterocycles. The number of carbonyl (C=O) groups is 1. The van der Waals surface area contributed by atoms with Crippen LogP contribution in [0.2, 0.25) is 0 Å². The number of hydrogen-bond donors (Lipinski definition) is 2. The lowest BCUT2D eigenvalue weighted by Gasteiger charge is -2.31. The van der Waals surface area contributed by atoms with Crippen LogP contribution in [0.4, 0.5) is 14.4 Å². The summed E-state index contributed by atoms with van der Waals surface area (Å²) in [6.07, 6.45) is 8.12.